The summed E-state index contributed by atoms with van der Waals surface area (Å²) in [6, 6.07) is 21.4. The molecule has 0 spiro atoms. The third kappa shape index (κ3) is 3.86. The molecule has 2 aliphatic heterocycles. The van der Waals surface area contributed by atoms with Gasteiger partial charge in [-0.1, -0.05) is 48.5 Å². The maximum Gasteiger partial charge on any atom is 0.308 e. The topological polar surface area (TPSA) is 74.0 Å². The van der Waals surface area contributed by atoms with Gasteiger partial charge < -0.3 is 14.9 Å². The number of nitrogens with zero attached hydrogens (tertiary/aromatic N) is 5. The first kappa shape index (κ1) is 21.8. The number of anilines is 1. The highest BCUT2D eigenvalue weighted by Crippen LogP contribution is 2.38. The molecular weight excluding hydrogens is 438 g/mol. The molecule has 2 atom stereocenters. The fraction of sp³-hybridized carbons (Fsp3) is 0.321. The number of likely N-dealkylation sites (tertiary alicyclic amines) is 1. The van der Waals surface area contributed by atoms with Crippen LogP contribution < -0.4 is 4.90 Å². The Morgan fingerprint density at radius 2 is 1.66 bits per heavy atom. The molecule has 7 nitrogen and oxygen atoms in total. The fourth-order valence-electron chi connectivity index (χ4n) is 5.85. The van der Waals surface area contributed by atoms with E-state index >= 15 is 0 Å². The van der Waals surface area contributed by atoms with Crippen molar-refractivity contribution in [1.82, 2.24) is 19.5 Å². The Labute approximate surface area is 204 Å². The number of piperazine rings is 1. The zero-order valence-corrected chi connectivity index (χ0v) is 20.1. The van der Waals surface area contributed by atoms with E-state index in [1.165, 1.54) is 0 Å². The van der Waals surface area contributed by atoms with Crippen LogP contribution in [0.2, 0.25) is 0 Å². The molecule has 0 saturated carbocycles. The first-order chi connectivity index (χ1) is 17.0. The van der Waals surface area contributed by atoms with Gasteiger partial charge in [-0.25, -0.2) is 4.98 Å². The number of aryl methyl sites for hydroxylation is 1. The number of hydrogen-bond acceptors (Lipinski definition) is 5. The molecular formula is C28H29N5O2. The molecule has 178 valence electrons. The summed E-state index contributed by atoms with van der Waals surface area (Å²) in [5, 5.41) is 14.7. The van der Waals surface area contributed by atoms with Crippen molar-refractivity contribution in [2.24, 2.45) is 0 Å². The van der Waals surface area contributed by atoms with Crippen LogP contribution in [0.15, 0.2) is 60.7 Å². The summed E-state index contributed by atoms with van der Waals surface area (Å²) < 4.78 is 1.90. The average Bonchev–Trinajstić information content (AvgIpc) is 3.38. The largest absolute Gasteiger partial charge is 0.481 e. The quantitative estimate of drug-likeness (QED) is 0.472. The number of rotatable bonds is 5. The summed E-state index contributed by atoms with van der Waals surface area (Å²) in [5.74, 6) is 0.0564. The SMILES string of the molecule is Cc1nc2cc(-c3cccc(-c4ccccc4)c3)nn2c(N2C3CCC2CN(C)C3)c1CC(=O)O. The summed E-state index contributed by atoms with van der Waals surface area (Å²) in [5.41, 5.74) is 6.42. The van der Waals surface area contributed by atoms with E-state index in [-0.39, 0.29) is 6.42 Å². The zero-order valence-electron chi connectivity index (χ0n) is 20.1. The van der Waals surface area contributed by atoms with Crippen molar-refractivity contribution in [2.75, 3.05) is 25.0 Å². The van der Waals surface area contributed by atoms with Gasteiger partial charge in [-0.05, 0) is 44.0 Å². The third-order valence-corrected chi connectivity index (χ3v) is 7.38. The van der Waals surface area contributed by atoms with E-state index in [2.05, 4.69) is 53.2 Å². The van der Waals surface area contributed by atoms with E-state index in [0.29, 0.717) is 12.1 Å². The second kappa shape index (κ2) is 8.50. The van der Waals surface area contributed by atoms with Gasteiger partial charge in [0, 0.05) is 48.1 Å². The molecule has 2 aromatic heterocycles. The van der Waals surface area contributed by atoms with E-state index in [4.69, 9.17) is 10.1 Å². The Balaban J connectivity index is 1.51. The number of aliphatic carboxylic acids is 1. The first-order valence-corrected chi connectivity index (χ1v) is 12.2. The van der Waals surface area contributed by atoms with Crippen molar-refractivity contribution >= 4 is 17.4 Å². The van der Waals surface area contributed by atoms with Crippen molar-refractivity contribution < 1.29 is 9.90 Å². The Morgan fingerprint density at radius 1 is 0.971 bits per heavy atom. The van der Waals surface area contributed by atoms with Gasteiger partial charge in [0.1, 0.15) is 5.82 Å². The fourth-order valence-corrected chi connectivity index (χ4v) is 5.85. The maximum atomic E-state index is 11.8. The number of carboxylic acids is 1. The average molecular weight is 468 g/mol. The molecule has 4 aromatic rings. The molecule has 1 N–H and O–H groups in total. The van der Waals surface area contributed by atoms with Gasteiger partial charge >= 0.3 is 5.97 Å². The van der Waals surface area contributed by atoms with E-state index in [0.717, 1.165) is 71.0 Å². The lowest BCUT2D eigenvalue weighted by molar-refractivity contribution is -0.136. The Kier molecular flexibility index (Phi) is 5.29. The zero-order chi connectivity index (χ0) is 24.1. The standard InChI is InChI=1S/C28H29N5O2/c1-18-24(14-27(34)35)28(32-22-11-12-23(32)17-31(2)16-22)33-26(29-18)15-25(30-33)21-10-6-9-20(13-21)19-7-4-3-5-8-19/h3-10,13,15,22-23H,11-12,14,16-17H2,1-2H3,(H,34,35). The molecule has 6 rings (SSSR count). The normalized spacial score (nSPS) is 20.0. The summed E-state index contributed by atoms with van der Waals surface area (Å²) in [4.78, 5) is 21.5. The smallest absolute Gasteiger partial charge is 0.308 e. The minimum Gasteiger partial charge on any atom is -0.481 e. The van der Waals surface area contributed by atoms with Gasteiger partial charge in [0.2, 0.25) is 0 Å². The van der Waals surface area contributed by atoms with Crippen molar-refractivity contribution in [3.05, 3.63) is 71.9 Å². The number of hydrogen-bond donors (Lipinski definition) is 1. The lowest BCUT2D eigenvalue weighted by Crippen LogP contribution is -2.53. The molecule has 2 unspecified atom stereocenters. The van der Waals surface area contributed by atoms with E-state index in [1.54, 1.807) is 0 Å². The van der Waals surface area contributed by atoms with Crippen LogP contribution in [0.1, 0.15) is 24.1 Å². The number of likely N-dealkylation sites (N-methyl/N-ethyl adjacent to an activating group) is 1. The van der Waals surface area contributed by atoms with Crippen molar-refractivity contribution in [1.29, 1.82) is 0 Å². The predicted octanol–water partition coefficient (Wildman–Crippen LogP) is 4.28. The molecule has 7 heteroatoms. The monoisotopic (exact) mass is 467 g/mol. The lowest BCUT2D eigenvalue weighted by atomic mass is 10.0. The predicted molar refractivity (Wildman–Crippen MR) is 137 cm³/mol. The van der Waals surface area contributed by atoms with E-state index < -0.39 is 5.97 Å². The Bertz CT molecular complexity index is 1400. The van der Waals surface area contributed by atoms with Crippen molar-refractivity contribution in [3.63, 3.8) is 0 Å². The van der Waals surface area contributed by atoms with Gasteiger partial charge in [-0.15, -0.1) is 0 Å². The van der Waals surface area contributed by atoms with Gasteiger partial charge in [-0.3, -0.25) is 4.79 Å². The van der Waals surface area contributed by atoms with Crippen LogP contribution in [0, 0.1) is 6.92 Å². The number of benzene rings is 2. The molecule has 35 heavy (non-hydrogen) atoms. The molecule has 4 heterocycles. The van der Waals surface area contributed by atoms with Gasteiger partial charge in [0.05, 0.1) is 12.1 Å². The van der Waals surface area contributed by atoms with Crippen molar-refractivity contribution in [3.8, 4) is 22.4 Å². The second-order valence-electron chi connectivity index (χ2n) is 9.83. The van der Waals surface area contributed by atoms with Crippen LogP contribution in [-0.4, -0.2) is 62.8 Å². The second-order valence-corrected chi connectivity index (χ2v) is 9.83. The molecule has 2 bridgehead atoms. The van der Waals surface area contributed by atoms with Crippen LogP contribution in [-0.2, 0) is 11.2 Å². The Hall–Kier alpha value is -3.71. The molecule has 0 amide bonds. The van der Waals surface area contributed by atoms with Crippen LogP contribution in [0.5, 0.6) is 0 Å². The van der Waals surface area contributed by atoms with Crippen LogP contribution in [0.4, 0.5) is 5.82 Å². The highest BCUT2D eigenvalue weighted by Gasteiger charge is 2.41. The first-order valence-electron chi connectivity index (χ1n) is 12.2. The molecule has 2 aromatic carbocycles. The highest BCUT2D eigenvalue weighted by atomic mass is 16.4. The van der Waals surface area contributed by atoms with Gasteiger partial charge in [-0.2, -0.15) is 9.61 Å². The molecule has 0 radical (unpaired) electrons. The minimum absolute atomic E-state index is 0.0609. The maximum absolute atomic E-state index is 11.8. The third-order valence-electron chi connectivity index (χ3n) is 7.38. The molecule has 2 aliphatic rings. The minimum atomic E-state index is -0.847. The van der Waals surface area contributed by atoms with Crippen LogP contribution in [0.3, 0.4) is 0 Å². The Morgan fingerprint density at radius 3 is 2.37 bits per heavy atom. The number of carboxylic acid groups (broad SMARTS) is 1. The number of fused-ring (bicyclic) bond motifs is 3. The van der Waals surface area contributed by atoms with Gasteiger partial charge in [0.15, 0.2) is 5.65 Å². The highest BCUT2D eigenvalue weighted by molar-refractivity contribution is 5.77. The number of aromatic nitrogens is 3. The summed E-state index contributed by atoms with van der Waals surface area (Å²) >= 11 is 0. The number of carbonyl (C=O) groups is 1. The van der Waals surface area contributed by atoms with Crippen molar-refractivity contribution in [2.45, 2.75) is 38.3 Å². The van der Waals surface area contributed by atoms with Crippen LogP contribution >= 0.6 is 0 Å². The summed E-state index contributed by atoms with van der Waals surface area (Å²) in [6.45, 7) is 3.86. The summed E-state index contributed by atoms with van der Waals surface area (Å²) in [6.07, 6.45) is 2.16. The molecule has 0 aliphatic carbocycles. The van der Waals surface area contributed by atoms with Crippen LogP contribution in [0.25, 0.3) is 28.0 Å². The van der Waals surface area contributed by atoms with Gasteiger partial charge in [0.25, 0.3) is 0 Å². The van der Waals surface area contributed by atoms with E-state index in [9.17, 15) is 9.90 Å². The summed E-state index contributed by atoms with van der Waals surface area (Å²) in [7, 11) is 2.17. The van der Waals surface area contributed by atoms with E-state index in [1.807, 2.05) is 35.7 Å². The molecule has 2 fully saturated rings. The lowest BCUT2D eigenvalue weighted by Gasteiger charge is -2.41. The molecule has 2 saturated heterocycles.